The average Bonchev–Trinajstić information content (AvgIpc) is 3.10. The van der Waals surface area contributed by atoms with E-state index in [4.69, 9.17) is 4.74 Å². The molecule has 6 heteroatoms. The van der Waals surface area contributed by atoms with E-state index < -0.39 is 17.4 Å². The van der Waals surface area contributed by atoms with Crippen molar-refractivity contribution in [3.05, 3.63) is 71.1 Å². The van der Waals surface area contributed by atoms with Crippen LogP contribution in [0.1, 0.15) is 15.9 Å². The largest absolute Gasteiger partial charge is 0.497 e. The molecule has 0 saturated heterocycles. The van der Waals surface area contributed by atoms with E-state index in [0.29, 0.717) is 16.3 Å². The lowest BCUT2D eigenvalue weighted by atomic mass is 9.83. The summed E-state index contributed by atoms with van der Waals surface area (Å²) in [6, 6.07) is 15.2. The van der Waals surface area contributed by atoms with Crippen molar-refractivity contribution in [3.8, 4) is 16.9 Å². The summed E-state index contributed by atoms with van der Waals surface area (Å²) in [4.78, 5) is 25.6. The van der Waals surface area contributed by atoms with Gasteiger partial charge in [0.25, 0.3) is 11.6 Å². The van der Waals surface area contributed by atoms with Crippen LogP contribution in [-0.4, -0.2) is 18.8 Å². The van der Waals surface area contributed by atoms with Gasteiger partial charge in [0.1, 0.15) is 10.8 Å². The molecule has 2 aromatic carbocycles. The number of hydrogen-bond donors (Lipinski definition) is 1. The SMILES string of the molecule is COc1cccc(C2(F)C(=O)Nc3scc(-c4ccccc4)c3C2=O)c1. The maximum Gasteiger partial charge on any atom is 0.276 e. The van der Waals surface area contributed by atoms with Gasteiger partial charge in [-0.25, -0.2) is 4.39 Å². The number of rotatable bonds is 3. The zero-order chi connectivity index (χ0) is 18.3. The van der Waals surface area contributed by atoms with E-state index in [-0.39, 0.29) is 11.1 Å². The van der Waals surface area contributed by atoms with Crippen molar-refractivity contribution in [2.45, 2.75) is 5.67 Å². The molecule has 3 aromatic rings. The number of nitrogens with one attached hydrogen (secondary N) is 1. The summed E-state index contributed by atoms with van der Waals surface area (Å²) >= 11 is 1.21. The minimum Gasteiger partial charge on any atom is -0.497 e. The molecule has 0 saturated carbocycles. The average molecular weight is 367 g/mol. The molecular weight excluding hydrogens is 353 g/mol. The number of methoxy groups -OCH3 is 1. The second kappa shape index (κ2) is 6.07. The Balaban J connectivity index is 1.88. The van der Waals surface area contributed by atoms with E-state index in [1.165, 1.54) is 30.6 Å². The van der Waals surface area contributed by atoms with Gasteiger partial charge in [-0.3, -0.25) is 9.59 Å². The van der Waals surface area contributed by atoms with Gasteiger partial charge in [-0.2, -0.15) is 0 Å². The fourth-order valence-corrected chi connectivity index (χ4v) is 4.03. The number of hydrogen-bond acceptors (Lipinski definition) is 4. The molecule has 0 aliphatic carbocycles. The molecule has 0 spiro atoms. The molecule has 4 nitrogen and oxygen atoms in total. The van der Waals surface area contributed by atoms with Gasteiger partial charge >= 0.3 is 0 Å². The van der Waals surface area contributed by atoms with Gasteiger partial charge < -0.3 is 10.1 Å². The second-order valence-corrected chi connectivity index (χ2v) is 6.77. The lowest BCUT2D eigenvalue weighted by molar-refractivity contribution is -0.125. The number of carbonyl (C=O) groups excluding carboxylic acids is 2. The highest BCUT2D eigenvalue weighted by molar-refractivity contribution is 7.15. The van der Waals surface area contributed by atoms with E-state index in [0.717, 1.165) is 5.56 Å². The molecule has 1 unspecified atom stereocenters. The third-order valence-corrected chi connectivity index (χ3v) is 5.32. The first-order valence-corrected chi connectivity index (χ1v) is 8.80. The molecule has 1 aliphatic heterocycles. The minimum atomic E-state index is -2.80. The maximum atomic E-state index is 15.8. The number of fused-ring (bicyclic) bond motifs is 1. The van der Waals surface area contributed by atoms with Crippen LogP contribution in [0.15, 0.2) is 60.0 Å². The van der Waals surface area contributed by atoms with Crippen molar-refractivity contribution in [2.24, 2.45) is 0 Å². The molecule has 4 rings (SSSR count). The maximum absolute atomic E-state index is 15.8. The van der Waals surface area contributed by atoms with E-state index >= 15 is 4.39 Å². The van der Waals surface area contributed by atoms with Crippen LogP contribution in [0.25, 0.3) is 11.1 Å². The molecule has 1 aliphatic rings. The molecule has 0 fully saturated rings. The van der Waals surface area contributed by atoms with Crippen molar-refractivity contribution in [1.29, 1.82) is 0 Å². The Bertz CT molecular complexity index is 1010. The van der Waals surface area contributed by atoms with E-state index in [2.05, 4.69) is 5.32 Å². The van der Waals surface area contributed by atoms with Crippen LogP contribution in [0.3, 0.4) is 0 Å². The smallest absolute Gasteiger partial charge is 0.276 e. The number of anilines is 1. The molecule has 1 N–H and O–H groups in total. The monoisotopic (exact) mass is 367 g/mol. The number of ether oxygens (including phenoxy) is 1. The second-order valence-electron chi connectivity index (χ2n) is 5.89. The predicted molar refractivity (Wildman–Crippen MR) is 98.5 cm³/mol. The molecule has 1 atom stereocenters. The Morgan fingerprint density at radius 3 is 2.58 bits per heavy atom. The molecule has 0 radical (unpaired) electrons. The van der Waals surface area contributed by atoms with Gasteiger partial charge in [-0.15, -0.1) is 11.3 Å². The molecule has 2 heterocycles. The van der Waals surface area contributed by atoms with Gasteiger partial charge in [0, 0.05) is 16.5 Å². The van der Waals surface area contributed by atoms with Crippen LogP contribution in [0, 0.1) is 0 Å². The highest BCUT2D eigenvalue weighted by atomic mass is 32.1. The van der Waals surface area contributed by atoms with Crippen LogP contribution in [0.2, 0.25) is 0 Å². The summed E-state index contributed by atoms with van der Waals surface area (Å²) in [5.41, 5.74) is -1.24. The Labute approximate surface area is 153 Å². The normalized spacial score (nSPS) is 19.0. The Kier molecular flexibility index (Phi) is 3.85. The summed E-state index contributed by atoms with van der Waals surface area (Å²) in [7, 11) is 1.44. The highest BCUT2D eigenvalue weighted by Gasteiger charge is 2.53. The third kappa shape index (κ3) is 2.34. The standard InChI is InChI=1S/C20H14FNO3S/c1-25-14-9-5-8-13(10-14)20(21)17(23)16-15(12-6-3-2-4-7-12)11-26-18(16)22-19(20)24/h2-11H,1H3,(H,22,24). The van der Waals surface area contributed by atoms with Crippen molar-refractivity contribution >= 4 is 28.0 Å². The zero-order valence-electron chi connectivity index (χ0n) is 13.8. The lowest BCUT2D eigenvalue weighted by Crippen LogP contribution is -2.47. The minimum absolute atomic E-state index is 0.0461. The molecular formula is C20H14FNO3S. The molecule has 26 heavy (non-hydrogen) atoms. The Hall–Kier alpha value is -2.99. The number of carbonyl (C=O) groups is 2. The van der Waals surface area contributed by atoms with Gasteiger partial charge in [0.2, 0.25) is 5.78 Å². The first-order chi connectivity index (χ1) is 12.6. The van der Waals surface area contributed by atoms with Gasteiger partial charge in [0.15, 0.2) is 0 Å². The predicted octanol–water partition coefficient (Wildman–Crippen LogP) is 4.42. The van der Waals surface area contributed by atoms with Crippen molar-refractivity contribution < 1.29 is 18.7 Å². The molecule has 1 aromatic heterocycles. The van der Waals surface area contributed by atoms with Crippen LogP contribution in [0.4, 0.5) is 9.39 Å². The van der Waals surface area contributed by atoms with Crippen molar-refractivity contribution in [2.75, 3.05) is 12.4 Å². The van der Waals surface area contributed by atoms with E-state index in [1.54, 1.807) is 17.5 Å². The summed E-state index contributed by atoms with van der Waals surface area (Å²) in [6.07, 6.45) is 0. The zero-order valence-corrected chi connectivity index (χ0v) is 14.6. The van der Waals surface area contributed by atoms with Crippen molar-refractivity contribution in [3.63, 3.8) is 0 Å². The lowest BCUT2D eigenvalue weighted by Gasteiger charge is -2.28. The number of ketones is 1. The summed E-state index contributed by atoms with van der Waals surface area (Å²) in [5.74, 6) is -1.46. The van der Waals surface area contributed by atoms with Crippen molar-refractivity contribution in [1.82, 2.24) is 0 Å². The summed E-state index contributed by atoms with van der Waals surface area (Å²) in [5, 5.41) is 4.68. The number of amides is 1. The van der Waals surface area contributed by atoms with Gasteiger partial charge in [-0.05, 0) is 17.7 Å². The number of thiophene rings is 1. The number of alkyl halides is 1. The third-order valence-electron chi connectivity index (χ3n) is 4.42. The van der Waals surface area contributed by atoms with E-state index in [1.807, 2.05) is 30.3 Å². The quantitative estimate of drug-likeness (QED) is 0.697. The molecule has 1 amide bonds. The number of halogens is 1. The summed E-state index contributed by atoms with van der Waals surface area (Å²) < 4.78 is 20.9. The van der Waals surface area contributed by atoms with Gasteiger partial charge in [-0.1, -0.05) is 42.5 Å². The number of Topliss-reactive ketones (excluding diaryl/α,β-unsaturated/α-hetero) is 1. The summed E-state index contributed by atoms with van der Waals surface area (Å²) in [6.45, 7) is 0. The van der Waals surface area contributed by atoms with Crippen LogP contribution in [-0.2, 0) is 10.5 Å². The fraction of sp³-hybridized carbons (Fsp3) is 0.100. The first kappa shape index (κ1) is 16.5. The topological polar surface area (TPSA) is 55.4 Å². The fourth-order valence-electron chi connectivity index (χ4n) is 3.07. The van der Waals surface area contributed by atoms with Gasteiger partial charge in [0.05, 0.1) is 12.7 Å². The Morgan fingerprint density at radius 1 is 1.08 bits per heavy atom. The molecule has 130 valence electrons. The number of benzene rings is 2. The molecule has 0 bridgehead atoms. The van der Waals surface area contributed by atoms with Crippen LogP contribution < -0.4 is 10.1 Å². The highest BCUT2D eigenvalue weighted by Crippen LogP contribution is 2.45. The Morgan fingerprint density at radius 2 is 1.85 bits per heavy atom. The first-order valence-electron chi connectivity index (χ1n) is 7.92. The van der Waals surface area contributed by atoms with Crippen LogP contribution >= 0.6 is 11.3 Å². The van der Waals surface area contributed by atoms with Crippen LogP contribution in [0.5, 0.6) is 5.75 Å². The van der Waals surface area contributed by atoms with E-state index in [9.17, 15) is 9.59 Å².